The lowest BCUT2D eigenvalue weighted by atomic mass is 10.2. The van der Waals surface area contributed by atoms with Crippen LogP contribution in [0.1, 0.15) is 0 Å². The van der Waals surface area contributed by atoms with E-state index < -0.39 is 10.0 Å². The molecular formula is C20H15ClN2O3S2. The largest absolute Gasteiger partial charge is 0.497 e. The minimum absolute atomic E-state index is 0.115. The standard InChI is InChI=1S/C20H15ClN2O3S2/c1-26-16-9-10-18-19(12-16)27-20(22-18)13-5-7-15(8-6-13)23-28(24,25)17-4-2-3-14(21)11-17/h2-12,23H,1H3. The SMILES string of the molecule is COc1ccc2nc(-c3ccc(NS(=O)(=O)c4cccc(Cl)c4)cc3)sc2c1. The predicted molar refractivity (Wildman–Crippen MR) is 114 cm³/mol. The maximum Gasteiger partial charge on any atom is 0.261 e. The molecule has 0 saturated carbocycles. The normalized spacial score (nSPS) is 11.5. The number of anilines is 1. The van der Waals surface area contributed by atoms with Gasteiger partial charge < -0.3 is 4.74 Å². The molecule has 1 aromatic heterocycles. The van der Waals surface area contributed by atoms with Gasteiger partial charge in [0.05, 0.1) is 22.2 Å². The van der Waals surface area contributed by atoms with Gasteiger partial charge in [-0.1, -0.05) is 17.7 Å². The molecule has 0 atom stereocenters. The van der Waals surface area contributed by atoms with Crippen LogP contribution in [0, 0.1) is 0 Å². The molecule has 1 heterocycles. The molecule has 8 heteroatoms. The van der Waals surface area contributed by atoms with Crippen molar-refractivity contribution in [1.29, 1.82) is 0 Å². The van der Waals surface area contributed by atoms with Crippen molar-refractivity contribution >= 4 is 48.9 Å². The minimum Gasteiger partial charge on any atom is -0.497 e. The average molecular weight is 431 g/mol. The van der Waals surface area contributed by atoms with Gasteiger partial charge in [-0.25, -0.2) is 13.4 Å². The fourth-order valence-corrected chi connectivity index (χ4v) is 5.04. The van der Waals surface area contributed by atoms with E-state index in [0.29, 0.717) is 10.7 Å². The first kappa shape index (κ1) is 18.7. The quantitative estimate of drug-likeness (QED) is 0.458. The minimum atomic E-state index is -3.70. The van der Waals surface area contributed by atoms with E-state index in [1.807, 2.05) is 30.3 Å². The van der Waals surface area contributed by atoms with Crippen molar-refractivity contribution in [3.05, 3.63) is 71.8 Å². The monoisotopic (exact) mass is 430 g/mol. The second-order valence-electron chi connectivity index (χ2n) is 5.99. The molecule has 4 rings (SSSR count). The number of methoxy groups -OCH3 is 1. The van der Waals surface area contributed by atoms with Gasteiger partial charge >= 0.3 is 0 Å². The van der Waals surface area contributed by atoms with Crippen molar-refractivity contribution in [2.24, 2.45) is 0 Å². The third-order valence-corrected chi connectivity index (χ3v) is 6.77. The lowest BCUT2D eigenvalue weighted by Crippen LogP contribution is -2.12. The van der Waals surface area contributed by atoms with E-state index in [-0.39, 0.29) is 4.90 Å². The van der Waals surface area contributed by atoms with Gasteiger partial charge in [0.25, 0.3) is 10.0 Å². The number of nitrogens with one attached hydrogen (secondary N) is 1. The van der Waals surface area contributed by atoms with Gasteiger partial charge in [0, 0.05) is 16.3 Å². The van der Waals surface area contributed by atoms with Crippen LogP contribution in [-0.4, -0.2) is 20.5 Å². The summed E-state index contributed by atoms with van der Waals surface area (Å²) < 4.78 is 33.8. The van der Waals surface area contributed by atoms with Crippen LogP contribution in [0.3, 0.4) is 0 Å². The van der Waals surface area contributed by atoms with Crippen LogP contribution in [0.2, 0.25) is 5.02 Å². The molecule has 3 aromatic carbocycles. The van der Waals surface area contributed by atoms with Gasteiger partial charge in [0.15, 0.2) is 0 Å². The molecule has 0 aliphatic rings. The lowest BCUT2D eigenvalue weighted by molar-refractivity contribution is 0.415. The maximum atomic E-state index is 12.5. The Bertz CT molecular complexity index is 1250. The van der Waals surface area contributed by atoms with Crippen LogP contribution in [-0.2, 0) is 10.0 Å². The molecular weight excluding hydrogens is 416 g/mol. The number of hydrogen-bond donors (Lipinski definition) is 1. The fourth-order valence-electron chi connectivity index (χ4n) is 2.68. The predicted octanol–water partition coefficient (Wildman–Crippen LogP) is 5.43. The molecule has 1 N–H and O–H groups in total. The van der Waals surface area contributed by atoms with Crippen molar-refractivity contribution in [1.82, 2.24) is 4.98 Å². The molecule has 4 aromatic rings. The van der Waals surface area contributed by atoms with E-state index in [4.69, 9.17) is 16.3 Å². The molecule has 0 spiro atoms. The Balaban J connectivity index is 1.59. The van der Waals surface area contributed by atoms with Gasteiger partial charge in [0.2, 0.25) is 0 Å². The summed E-state index contributed by atoms with van der Waals surface area (Å²) >= 11 is 7.44. The summed E-state index contributed by atoms with van der Waals surface area (Å²) in [7, 11) is -2.07. The van der Waals surface area contributed by atoms with Crippen LogP contribution in [0.4, 0.5) is 5.69 Å². The first-order chi connectivity index (χ1) is 13.4. The number of thiazole rings is 1. The highest BCUT2D eigenvalue weighted by molar-refractivity contribution is 7.92. The number of fused-ring (bicyclic) bond motifs is 1. The molecule has 28 heavy (non-hydrogen) atoms. The summed E-state index contributed by atoms with van der Waals surface area (Å²) in [6.07, 6.45) is 0. The molecule has 0 saturated heterocycles. The summed E-state index contributed by atoms with van der Waals surface area (Å²) in [5, 5.41) is 1.22. The number of ether oxygens (including phenoxy) is 1. The number of rotatable bonds is 5. The van der Waals surface area contributed by atoms with Gasteiger partial charge in [-0.3, -0.25) is 4.72 Å². The zero-order valence-electron chi connectivity index (χ0n) is 14.7. The lowest BCUT2D eigenvalue weighted by Gasteiger charge is -2.08. The first-order valence-corrected chi connectivity index (χ1v) is 11.0. The van der Waals surface area contributed by atoms with Crippen LogP contribution < -0.4 is 9.46 Å². The molecule has 0 unspecified atom stereocenters. The number of benzene rings is 3. The Morgan fingerprint density at radius 2 is 1.82 bits per heavy atom. The topological polar surface area (TPSA) is 68.3 Å². The Morgan fingerprint density at radius 1 is 1.04 bits per heavy atom. The maximum absolute atomic E-state index is 12.5. The number of sulfonamides is 1. The van der Waals surface area contributed by atoms with Gasteiger partial charge in [-0.05, 0) is 60.7 Å². The van der Waals surface area contributed by atoms with E-state index >= 15 is 0 Å². The number of halogens is 1. The van der Waals surface area contributed by atoms with Crippen LogP contribution in [0.25, 0.3) is 20.8 Å². The van der Waals surface area contributed by atoms with E-state index in [2.05, 4.69) is 9.71 Å². The van der Waals surface area contributed by atoms with E-state index in [0.717, 1.165) is 26.5 Å². The van der Waals surface area contributed by atoms with Crippen LogP contribution in [0.15, 0.2) is 71.6 Å². The van der Waals surface area contributed by atoms with Crippen molar-refractivity contribution in [2.75, 3.05) is 11.8 Å². The molecule has 0 amide bonds. The number of hydrogen-bond acceptors (Lipinski definition) is 5. The van der Waals surface area contributed by atoms with Gasteiger partial charge in [-0.2, -0.15) is 0 Å². The Morgan fingerprint density at radius 3 is 2.54 bits per heavy atom. The zero-order chi connectivity index (χ0) is 19.7. The Kier molecular flexibility index (Phi) is 4.97. The summed E-state index contributed by atoms with van der Waals surface area (Å²) in [5.41, 5.74) is 2.27. The molecule has 0 aliphatic heterocycles. The van der Waals surface area contributed by atoms with E-state index in [1.54, 1.807) is 42.7 Å². The highest BCUT2D eigenvalue weighted by Crippen LogP contribution is 2.33. The summed E-state index contributed by atoms with van der Waals surface area (Å²) in [5.74, 6) is 0.786. The molecule has 142 valence electrons. The zero-order valence-corrected chi connectivity index (χ0v) is 17.1. The van der Waals surface area contributed by atoms with Crippen molar-refractivity contribution in [3.63, 3.8) is 0 Å². The third-order valence-electron chi connectivity index (χ3n) is 4.09. The van der Waals surface area contributed by atoms with E-state index in [9.17, 15) is 8.42 Å². The Labute approximate surface area is 171 Å². The molecule has 0 aliphatic carbocycles. The number of aromatic nitrogens is 1. The van der Waals surface area contributed by atoms with Crippen LogP contribution in [0.5, 0.6) is 5.75 Å². The van der Waals surface area contributed by atoms with Crippen LogP contribution >= 0.6 is 22.9 Å². The van der Waals surface area contributed by atoms with Crippen molar-refractivity contribution < 1.29 is 13.2 Å². The smallest absolute Gasteiger partial charge is 0.261 e. The molecule has 0 radical (unpaired) electrons. The van der Waals surface area contributed by atoms with Crippen molar-refractivity contribution in [3.8, 4) is 16.3 Å². The highest BCUT2D eigenvalue weighted by atomic mass is 35.5. The first-order valence-electron chi connectivity index (χ1n) is 8.28. The summed E-state index contributed by atoms with van der Waals surface area (Å²) in [6, 6.07) is 19.0. The number of nitrogens with zero attached hydrogens (tertiary/aromatic N) is 1. The molecule has 0 bridgehead atoms. The Hall–Kier alpha value is -2.61. The highest BCUT2D eigenvalue weighted by Gasteiger charge is 2.15. The van der Waals surface area contributed by atoms with Crippen molar-refractivity contribution in [2.45, 2.75) is 4.90 Å². The second kappa shape index (κ2) is 7.43. The summed E-state index contributed by atoms with van der Waals surface area (Å²) in [6.45, 7) is 0. The second-order valence-corrected chi connectivity index (χ2v) is 9.14. The average Bonchev–Trinajstić information content (AvgIpc) is 3.11. The summed E-state index contributed by atoms with van der Waals surface area (Å²) in [4.78, 5) is 4.74. The van der Waals surface area contributed by atoms with Gasteiger partial charge in [-0.15, -0.1) is 11.3 Å². The van der Waals surface area contributed by atoms with E-state index in [1.165, 1.54) is 12.1 Å². The molecule has 5 nitrogen and oxygen atoms in total. The third kappa shape index (κ3) is 3.82. The fraction of sp³-hybridized carbons (Fsp3) is 0.0500. The molecule has 0 fully saturated rings. The van der Waals surface area contributed by atoms with Gasteiger partial charge in [0.1, 0.15) is 10.8 Å².